The zero-order chi connectivity index (χ0) is 10.7. The van der Waals surface area contributed by atoms with Crippen molar-refractivity contribution in [1.29, 1.82) is 0 Å². The molecule has 82 valence electrons. The average Bonchev–Trinajstić information content (AvgIpc) is 2.87. The van der Waals surface area contributed by atoms with E-state index in [1.807, 2.05) is 4.90 Å². The molecule has 0 radical (unpaired) electrons. The summed E-state index contributed by atoms with van der Waals surface area (Å²) < 4.78 is 0. The number of likely N-dealkylation sites (tertiary alicyclic amines) is 1. The van der Waals surface area contributed by atoms with Crippen molar-refractivity contribution in [3.8, 4) is 0 Å². The number of carbonyl (C=O) groups is 1. The second-order valence-corrected chi connectivity index (χ2v) is 4.60. The van der Waals surface area contributed by atoms with E-state index in [1.165, 1.54) is 11.3 Å². The topological polar surface area (TPSA) is 53.4 Å². The van der Waals surface area contributed by atoms with Crippen LogP contribution >= 0.6 is 11.3 Å². The normalized spacial score (nSPS) is 22.1. The molecule has 0 saturated carbocycles. The van der Waals surface area contributed by atoms with Crippen LogP contribution in [0.5, 0.6) is 0 Å². The Bertz CT molecular complexity index is 326. The number of aliphatic hydroxyl groups excluding tert-OH is 1. The molecule has 1 aromatic rings. The summed E-state index contributed by atoms with van der Waals surface area (Å²) in [6, 6.07) is 0.161. The van der Waals surface area contributed by atoms with Crippen LogP contribution in [0.4, 0.5) is 0 Å². The second-order valence-electron chi connectivity index (χ2n) is 3.71. The fourth-order valence-corrected chi connectivity index (χ4v) is 2.49. The lowest BCUT2D eigenvalue weighted by molar-refractivity contribution is 0.0887. The van der Waals surface area contributed by atoms with Crippen LogP contribution in [0.25, 0.3) is 0 Å². The van der Waals surface area contributed by atoms with Crippen LogP contribution in [0.15, 0.2) is 11.6 Å². The summed E-state index contributed by atoms with van der Waals surface area (Å²) in [7, 11) is 0. The quantitative estimate of drug-likeness (QED) is 0.771. The SMILES string of the molecule is O=C(CN1CCC[C@H]1CO)c1nccs1. The third-order valence-corrected chi connectivity index (χ3v) is 3.54. The molecule has 15 heavy (non-hydrogen) atoms. The number of thiazole rings is 1. The van der Waals surface area contributed by atoms with Gasteiger partial charge < -0.3 is 5.11 Å². The van der Waals surface area contributed by atoms with E-state index in [0.29, 0.717) is 11.6 Å². The van der Waals surface area contributed by atoms with Crippen molar-refractivity contribution in [2.75, 3.05) is 19.7 Å². The van der Waals surface area contributed by atoms with Gasteiger partial charge >= 0.3 is 0 Å². The molecule has 1 fully saturated rings. The number of Topliss-reactive ketones (excluding diaryl/α,β-unsaturated/α-hetero) is 1. The summed E-state index contributed by atoms with van der Waals surface area (Å²) in [6.07, 6.45) is 3.70. The monoisotopic (exact) mass is 226 g/mol. The lowest BCUT2D eigenvalue weighted by Gasteiger charge is -2.20. The number of ketones is 1. The Kier molecular flexibility index (Phi) is 3.45. The van der Waals surface area contributed by atoms with Crippen molar-refractivity contribution in [2.45, 2.75) is 18.9 Å². The highest BCUT2D eigenvalue weighted by molar-refractivity contribution is 7.11. The fourth-order valence-electron chi connectivity index (χ4n) is 1.92. The van der Waals surface area contributed by atoms with Crippen LogP contribution in [0, 0.1) is 0 Å². The van der Waals surface area contributed by atoms with Gasteiger partial charge in [-0.1, -0.05) is 0 Å². The molecule has 0 unspecified atom stereocenters. The Morgan fingerprint density at radius 2 is 2.60 bits per heavy atom. The van der Waals surface area contributed by atoms with Gasteiger partial charge in [0.2, 0.25) is 5.78 Å². The summed E-state index contributed by atoms with van der Waals surface area (Å²) >= 11 is 1.37. The number of carbonyl (C=O) groups excluding carboxylic acids is 1. The summed E-state index contributed by atoms with van der Waals surface area (Å²) in [4.78, 5) is 17.8. The molecule has 5 heteroatoms. The predicted molar refractivity (Wildman–Crippen MR) is 58.1 cm³/mol. The van der Waals surface area contributed by atoms with E-state index in [1.54, 1.807) is 11.6 Å². The van der Waals surface area contributed by atoms with Crippen LogP contribution in [-0.2, 0) is 0 Å². The predicted octanol–water partition coefficient (Wildman–Crippen LogP) is 0.782. The van der Waals surface area contributed by atoms with Crippen molar-refractivity contribution in [3.05, 3.63) is 16.6 Å². The van der Waals surface area contributed by atoms with Gasteiger partial charge in [0.1, 0.15) is 0 Å². The molecule has 0 amide bonds. The zero-order valence-electron chi connectivity index (χ0n) is 8.43. The summed E-state index contributed by atoms with van der Waals surface area (Å²) in [6.45, 7) is 1.44. The largest absolute Gasteiger partial charge is 0.395 e. The van der Waals surface area contributed by atoms with E-state index >= 15 is 0 Å². The molecule has 2 rings (SSSR count). The Hall–Kier alpha value is -0.780. The molecule has 4 nitrogen and oxygen atoms in total. The number of aromatic nitrogens is 1. The highest BCUT2D eigenvalue weighted by Gasteiger charge is 2.26. The van der Waals surface area contributed by atoms with Crippen molar-refractivity contribution < 1.29 is 9.90 Å². The van der Waals surface area contributed by atoms with Gasteiger partial charge in [0.05, 0.1) is 13.2 Å². The van der Waals surface area contributed by atoms with Gasteiger partial charge in [-0.05, 0) is 19.4 Å². The molecule has 2 heterocycles. The maximum atomic E-state index is 11.7. The third kappa shape index (κ3) is 2.42. The maximum absolute atomic E-state index is 11.7. The van der Waals surface area contributed by atoms with Gasteiger partial charge in [0.15, 0.2) is 5.01 Å². The van der Waals surface area contributed by atoms with E-state index in [2.05, 4.69) is 4.98 Å². The zero-order valence-corrected chi connectivity index (χ0v) is 9.24. The molecular formula is C10H14N2O2S. The first-order chi connectivity index (χ1) is 7.31. The van der Waals surface area contributed by atoms with E-state index in [0.717, 1.165) is 19.4 Å². The molecule has 1 aromatic heterocycles. The van der Waals surface area contributed by atoms with Gasteiger partial charge in [0.25, 0.3) is 0 Å². The third-order valence-electron chi connectivity index (χ3n) is 2.73. The Morgan fingerprint density at radius 3 is 3.27 bits per heavy atom. The Labute approximate surface area is 92.6 Å². The van der Waals surface area contributed by atoms with E-state index < -0.39 is 0 Å². The first kappa shape index (κ1) is 10.7. The highest BCUT2D eigenvalue weighted by Crippen LogP contribution is 2.17. The second kappa shape index (κ2) is 4.83. The molecule has 1 N–H and O–H groups in total. The first-order valence-corrected chi connectivity index (χ1v) is 5.97. The number of hydrogen-bond acceptors (Lipinski definition) is 5. The van der Waals surface area contributed by atoms with Gasteiger partial charge in [-0.15, -0.1) is 11.3 Å². The number of aliphatic hydroxyl groups is 1. The Balaban J connectivity index is 1.94. The Morgan fingerprint density at radius 1 is 1.73 bits per heavy atom. The van der Waals surface area contributed by atoms with Crippen molar-refractivity contribution in [2.24, 2.45) is 0 Å². The minimum Gasteiger partial charge on any atom is -0.395 e. The van der Waals surface area contributed by atoms with Crippen LogP contribution in [0.1, 0.15) is 22.6 Å². The van der Waals surface area contributed by atoms with E-state index in [9.17, 15) is 4.79 Å². The average molecular weight is 226 g/mol. The van der Waals surface area contributed by atoms with Crippen LogP contribution in [0.2, 0.25) is 0 Å². The molecule has 0 spiro atoms. The number of nitrogens with zero attached hydrogens (tertiary/aromatic N) is 2. The van der Waals surface area contributed by atoms with Crippen molar-refractivity contribution in [1.82, 2.24) is 9.88 Å². The highest BCUT2D eigenvalue weighted by atomic mass is 32.1. The van der Waals surface area contributed by atoms with E-state index in [-0.39, 0.29) is 18.4 Å². The first-order valence-electron chi connectivity index (χ1n) is 5.09. The van der Waals surface area contributed by atoms with Crippen molar-refractivity contribution >= 4 is 17.1 Å². The minimum atomic E-state index is 0.0605. The summed E-state index contributed by atoms with van der Waals surface area (Å²) in [5.41, 5.74) is 0. The number of rotatable bonds is 4. The maximum Gasteiger partial charge on any atom is 0.205 e. The molecule has 1 saturated heterocycles. The molecule has 1 aliphatic heterocycles. The minimum absolute atomic E-state index is 0.0605. The summed E-state index contributed by atoms with van der Waals surface area (Å²) in [5.74, 6) is 0.0605. The van der Waals surface area contributed by atoms with Gasteiger partial charge in [-0.3, -0.25) is 9.69 Å². The lowest BCUT2D eigenvalue weighted by Crippen LogP contribution is -2.36. The number of hydrogen-bond donors (Lipinski definition) is 1. The van der Waals surface area contributed by atoms with Crippen molar-refractivity contribution in [3.63, 3.8) is 0 Å². The molecule has 0 aliphatic carbocycles. The van der Waals surface area contributed by atoms with E-state index in [4.69, 9.17) is 5.11 Å². The van der Waals surface area contributed by atoms with Crippen LogP contribution < -0.4 is 0 Å². The molecule has 0 aromatic carbocycles. The van der Waals surface area contributed by atoms with Gasteiger partial charge in [0, 0.05) is 17.6 Å². The fraction of sp³-hybridized carbons (Fsp3) is 0.600. The molecular weight excluding hydrogens is 212 g/mol. The van der Waals surface area contributed by atoms with Crippen LogP contribution in [-0.4, -0.2) is 46.5 Å². The molecule has 1 atom stereocenters. The molecule has 1 aliphatic rings. The molecule has 0 bridgehead atoms. The lowest BCUT2D eigenvalue weighted by atomic mass is 10.2. The smallest absolute Gasteiger partial charge is 0.205 e. The van der Waals surface area contributed by atoms with Gasteiger partial charge in [-0.2, -0.15) is 0 Å². The standard InChI is InChI=1S/C10H14N2O2S/c13-7-8-2-1-4-12(8)6-9(14)10-11-3-5-15-10/h3,5,8,13H,1-2,4,6-7H2/t8-/m0/s1. The van der Waals surface area contributed by atoms with Gasteiger partial charge in [-0.25, -0.2) is 4.98 Å². The summed E-state index contributed by atoms with van der Waals surface area (Å²) in [5, 5.41) is 11.5. The van der Waals surface area contributed by atoms with Crippen LogP contribution in [0.3, 0.4) is 0 Å².